The number of hydrogen-bond donors (Lipinski definition) is 1. The summed E-state index contributed by atoms with van der Waals surface area (Å²) in [5.74, 6) is 0. The van der Waals surface area contributed by atoms with Crippen molar-refractivity contribution in [3.63, 3.8) is 0 Å². The predicted molar refractivity (Wildman–Crippen MR) is 173 cm³/mol. The average molecular weight is 614 g/mol. The molecule has 0 atom stereocenters. The number of benzene rings is 2. The lowest BCUT2D eigenvalue weighted by Crippen LogP contribution is -2.78. The topological polar surface area (TPSA) is 19.9 Å². The number of nitrogens with zero attached hydrogens (tertiary/aromatic N) is 1. The van der Waals surface area contributed by atoms with Gasteiger partial charge >= 0.3 is 0 Å². The third-order valence-corrected chi connectivity index (χ3v) is 7.39. The van der Waals surface area contributed by atoms with Gasteiger partial charge in [-0.15, -0.1) is 0 Å². The van der Waals surface area contributed by atoms with E-state index in [1.165, 1.54) is 53.9 Å². The molecule has 1 heterocycles. The summed E-state index contributed by atoms with van der Waals surface area (Å²) >= 11 is 2.15. The quantitative estimate of drug-likeness (QED) is 0.0833. The molecule has 3 rings (SSSR count). The Morgan fingerprint density at radius 2 is 1.57 bits per heavy atom. The van der Waals surface area contributed by atoms with Gasteiger partial charge in [0.15, 0.2) is 0 Å². The van der Waals surface area contributed by atoms with E-state index in [0.29, 0.717) is 0 Å². The van der Waals surface area contributed by atoms with Gasteiger partial charge < -0.3 is 10.2 Å². The third-order valence-electron chi connectivity index (χ3n) is 7.39. The monoisotopic (exact) mass is 613 g/mol. The van der Waals surface area contributed by atoms with Gasteiger partial charge in [-0.25, -0.2) is 0 Å². The normalized spacial score (nSPS) is 15.9. The SMILES string of the molecule is CCCC[NH2+]c1ccccc1C(C)(C)C/C=C/C=C/C=C1/N(CCCC)c2ccccc2C1(C)C.CI. The van der Waals surface area contributed by atoms with Gasteiger partial charge in [-0.1, -0.05) is 138 Å². The molecule has 0 radical (unpaired) electrons. The third kappa shape index (κ3) is 8.32. The summed E-state index contributed by atoms with van der Waals surface area (Å²) in [4.78, 5) is 4.50. The second-order valence-corrected chi connectivity index (χ2v) is 11.0. The molecule has 1 aliphatic heterocycles. The summed E-state index contributed by atoms with van der Waals surface area (Å²) < 4.78 is 0. The van der Waals surface area contributed by atoms with Gasteiger partial charge in [0.1, 0.15) is 5.69 Å². The van der Waals surface area contributed by atoms with Crippen LogP contribution in [0.25, 0.3) is 0 Å². The number of rotatable bonds is 12. The molecule has 37 heavy (non-hydrogen) atoms. The number of fused-ring (bicyclic) bond motifs is 1. The molecule has 3 heteroatoms. The van der Waals surface area contributed by atoms with Crippen LogP contribution in [0.1, 0.15) is 84.8 Å². The van der Waals surface area contributed by atoms with Crippen molar-refractivity contribution in [1.82, 2.24) is 0 Å². The van der Waals surface area contributed by atoms with E-state index < -0.39 is 0 Å². The minimum atomic E-state index is 0.0262. The molecule has 0 aliphatic carbocycles. The van der Waals surface area contributed by atoms with Crippen molar-refractivity contribution in [2.45, 2.75) is 84.5 Å². The van der Waals surface area contributed by atoms with E-state index in [2.05, 4.69) is 153 Å². The lowest BCUT2D eigenvalue weighted by Gasteiger charge is -2.27. The van der Waals surface area contributed by atoms with Crippen LogP contribution < -0.4 is 10.2 Å². The van der Waals surface area contributed by atoms with Crippen molar-refractivity contribution in [3.8, 4) is 0 Å². The lowest BCUT2D eigenvalue weighted by atomic mass is 9.80. The van der Waals surface area contributed by atoms with E-state index in [-0.39, 0.29) is 10.8 Å². The van der Waals surface area contributed by atoms with Crippen LogP contribution in [0, 0.1) is 0 Å². The van der Waals surface area contributed by atoms with Crippen molar-refractivity contribution in [3.05, 3.63) is 95.7 Å². The first-order valence-electron chi connectivity index (χ1n) is 14.0. The van der Waals surface area contributed by atoms with Crippen molar-refractivity contribution < 1.29 is 5.32 Å². The first-order chi connectivity index (χ1) is 17.8. The standard InChI is InChI=1S/C33H46N2.CH3I/c1-7-9-25-34-29-21-16-14-19-27(29)32(3,4)24-18-12-11-13-23-31-33(5,6)28-20-15-17-22-30(28)35(31)26-10-8-2;1-2/h11-23,34H,7-10,24-26H2,1-6H3;1H3/p+1/b13-11+,18-12+,31-23+;. The highest BCUT2D eigenvalue weighted by molar-refractivity contribution is 14.1. The molecule has 0 aromatic heterocycles. The molecule has 0 amide bonds. The minimum absolute atomic E-state index is 0.0262. The molecule has 2 aromatic carbocycles. The largest absolute Gasteiger partial charge is 0.344 e. The molecule has 0 saturated heterocycles. The molecule has 0 saturated carbocycles. The van der Waals surface area contributed by atoms with Gasteiger partial charge in [0.05, 0.1) is 6.54 Å². The number of alkyl halides is 1. The van der Waals surface area contributed by atoms with E-state index in [1.54, 1.807) is 0 Å². The summed E-state index contributed by atoms with van der Waals surface area (Å²) in [7, 11) is 0. The van der Waals surface area contributed by atoms with Crippen LogP contribution in [0.15, 0.2) is 84.6 Å². The lowest BCUT2D eigenvalue weighted by molar-refractivity contribution is -0.572. The molecule has 2 aromatic rings. The first-order valence-corrected chi connectivity index (χ1v) is 16.2. The fourth-order valence-corrected chi connectivity index (χ4v) is 5.21. The van der Waals surface area contributed by atoms with Crippen molar-refractivity contribution in [1.29, 1.82) is 0 Å². The zero-order valence-electron chi connectivity index (χ0n) is 24.4. The highest BCUT2D eigenvalue weighted by atomic mass is 127. The van der Waals surface area contributed by atoms with Crippen molar-refractivity contribution >= 4 is 34.0 Å². The molecule has 2 nitrogen and oxygen atoms in total. The van der Waals surface area contributed by atoms with Gasteiger partial charge in [0.25, 0.3) is 0 Å². The highest BCUT2D eigenvalue weighted by Gasteiger charge is 2.39. The second kappa shape index (κ2) is 15.5. The van der Waals surface area contributed by atoms with Crippen LogP contribution in [0.5, 0.6) is 0 Å². The van der Waals surface area contributed by atoms with Crippen molar-refractivity contribution in [2.24, 2.45) is 0 Å². The summed E-state index contributed by atoms with van der Waals surface area (Å²) in [6, 6.07) is 17.8. The first kappa shape index (κ1) is 31.4. The van der Waals surface area contributed by atoms with E-state index in [0.717, 1.165) is 19.5 Å². The Morgan fingerprint density at radius 1 is 0.892 bits per heavy atom. The average Bonchev–Trinajstić information content (AvgIpc) is 3.12. The number of hydrogen-bond acceptors (Lipinski definition) is 1. The van der Waals surface area contributed by atoms with Crippen LogP contribution in [0.3, 0.4) is 0 Å². The van der Waals surface area contributed by atoms with Crippen molar-refractivity contribution in [2.75, 3.05) is 22.9 Å². The van der Waals surface area contributed by atoms with Gasteiger partial charge in [0.2, 0.25) is 0 Å². The second-order valence-electron chi connectivity index (χ2n) is 11.0. The molecule has 202 valence electrons. The number of anilines is 1. The molecule has 0 unspecified atom stereocenters. The Balaban J connectivity index is 0.00000235. The summed E-state index contributed by atoms with van der Waals surface area (Å²) in [5.41, 5.74) is 7.18. The summed E-state index contributed by atoms with van der Waals surface area (Å²) in [5, 5.41) is 2.42. The summed E-state index contributed by atoms with van der Waals surface area (Å²) in [6.45, 7) is 16.2. The van der Waals surface area contributed by atoms with Crippen LogP contribution in [0.2, 0.25) is 0 Å². The van der Waals surface area contributed by atoms with Crippen LogP contribution in [0.4, 0.5) is 11.4 Å². The fourth-order valence-electron chi connectivity index (χ4n) is 5.21. The number of quaternary nitrogens is 1. The molecule has 1 aliphatic rings. The molecule has 2 N–H and O–H groups in total. The molecule has 0 fully saturated rings. The van der Waals surface area contributed by atoms with Gasteiger partial charge in [-0.2, -0.15) is 0 Å². The minimum Gasteiger partial charge on any atom is -0.344 e. The van der Waals surface area contributed by atoms with Crippen LogP contribution in [-0.2, 0) is 10.8 Å². The number of halogens is 1. The zero-order chi connectivity index (χ0) is 27.3. The fraction of sp³-hybridized carbons (Fsp3) is 0.471. The maximum atomic E-state index is 2.53. The maximum absolute atomic E-state index is 2.53. The smallest absolute Gasteiger partial charge is 0.133 e. The highest BCUT2D eigenvalue weighted by Crippen LogP contribution is 2.47. The van der Waals surface area contributed by atoms with E-state index >= 15 is 0 Å². The zero-order valence-corrected chi connectivity index (χ0v) is 26.5. The van der Waals surface area contributed by atoms with E-state index in [4.69, 9.17) is 0 Å². The molecule has 0 spiro atoms. The molecular formula is C34H50IN2+. The van der Waals surface area contributed by atoms with Crippen LogP contribution in [-0.4, -0.2) is 18.0 Å². The van der Waals surface area contributed by atoms with E-state index in [9.17, 15) is 0 Å². The number of para-hydroxylation sites is 2. The maximum Gasteiger partial charge on any atom is 0.133 e. The number of nitrogens with two attached hydrogens (primary N) is 1. The Kier molecular flexibility index (Phi) is 13.2. The Labute approximate surface area is 241 Å². The Bertz CT molecular complexity index is 1050. The predicted octanol–water partition coefficient (Wildman–Crippen LogP) is 8.99. The Hall–Kier alpha value is -1.85. The summed E-state index contributed by atoms with van der Waals surface area (Å²) in [6.07, 6.45) is 17.2. The van der Waals surface area contributed by atoms with E-state index in [1.807, 2.05) is 4.93 Å². The molecular weight excluding hydrogens is 563 g/mol. The van der Waals surface area contributed by atoms with Gasteiger partial charge in [-0.3, -0.25) is 0 Å². The van der Waals surface area contributed by atoms with Crippen LogP contribution >= 0.6 is 22.6 Å². The molecule has 0 bridgehead atoms. The number of allylic oxidation sites excluding steroid dienone is 6. The Morgan fingerprint density at radius 3 is 2.30 bits per heavy atom. The van der Waals surface area contributed by atoms with Gasteiger partial charge in [0, 0.05) is 28.9 Å². The van der Waals surface area contributed by atoms with Gasteiger partial charge in [-0.05, 0) is 53.4 Å². The number of unbranched alkanes of at least 4 members (excludes halogenated alkanes) is 2.